The smallest absolute Gasteiger partial charge is 0.227 e. The molecule has 0 bridgehead atoms. The highest BCUT2D eigenvalue weighted by Gasteiger charge is 2.20. The number of rotatable bonds is 2. The van der Waals surface area contributed by atoms with Crippen LogP contribution in [0.2, 0.25) is 0 Å². The van der Waals surface area contributed by atoms with E-state index in [-0.39, 0.29) is 17.7 Å². The maximum atomic E-state index is 11.3. The molecule has 0 atom stereocenters. The van der Waals surface area contributed by atoms with Crippen molar-refractivity contribution in [2.24, 2.45) is 11.8 Å². The second kappa shape index (κ2) is 5.10. The van der Waals surface area contributed by atoms with Gasteiger partial charge in [0, 0.05) is 11.8 Å². The summed E-state index contributed by atoms with van der Waals surface area (Å²) in [6, 6.07) is 0. The first kappa shape index (κ1) is 11.2. The Bertz CT molecular complexity index is 219. The Kier molecular flexibility index (Phi) is 4.07. The fourth-order valence-electron chi connectivity index (χ4n) is 1.49. The molecule has 4 nitrogen and oxygen atoms in total. The first-order valence-corrected chi connectivity index (χ1v) is 5.21. The summed E-state index contributed by atoms with van der Waals surface area (Å²) in [6.45, 7) is 5.57. The molecule has 0 aromatic rings. The summed E-state index contributed by atoms with van der Waals surface area (Å²) in [5.41, 5.74) is 0. The van der Waals surface area contributed by atoms with Crippen molar-refractivity contribution in [3.8, 4) is 0 Å². The minimum atomic E-state index is -0.0477. The lowest BCUT2D eigenvalue weighted by Gasteiger charge is -2.23. The molecule has 1 rings (SSSR count). The Morgan fingerprint density at radius 3 is 2.50 bits per heavy atom. The van der Waals surface area contributed by atoms with Crippen LogP contribution in [0.3, 0.4) is 0 Å². The molecule has 1 aliphatic rings. The highest BCUT2D eigenvalue weighted by molar-refractivity contribution is 5.98. The molecule has 1 amide bonds. The van der Waals surface area contributed by atoms with E-state index in [1.54, 1.807) is 0 Å². The third-order valence-corrected chi connectivity index (χ3v) is 2.53. The summed E-state index contributed by atoms with van der Waals surface area (Å²) in [5, 5.41) is 13.6. The number of hydrogen-bond donors (Lipinski definition) is 3. The van der Waals surface area contributed by atoms with Crippen LogP contribution in [0.15, 0.2) is 0 Å². The predicted molar refractivity (Wildman–Crippen MR) is 56.3 cm³/mol. The lowest BCUT2D eigenvalue weighted by Crippen LogP contribution is -2.41. The molecule has 1 heterocycles. The molecule has 0 aromatic heterocycles. The van der Waals surface area contributed by atoms with Crippen LogP contribution in [-0.2, 0) is 4.79 Å². The van der Waals surface area contributed by atoms with Gasteiger partial charge in [-0.15, -0.1) is 0 Å². The van der Waals surface area contributed by atoms with Gasteiger partial charge in [-0.05, 0) is 25.9 Å². The number of nitrogens with one attached hydrogen (secondary N) is 3. The van der Waals surface area contributed by atoms with Gasteiger partial charge in [0.2, 0.25) is 5.91 Å². The van der Waals surface area contributed by atoms with Gasteiger partial charge >= 0.3 is 0 Å². The van der Waals surface area contributed by atoms with E-state index < -0.39 is 0 Å². The molecule has 0 aromatic carbocycles. The molecule has 0 saturated carbocycles. The van der Waals surface area contributed by atoms with Crippen LogP contribution in [0.1, 0.15) is 26.7 Å². The topological polar surface area (TPSA) is 65.0 Å². The minimum absolute atomic E-state index is 0.0444. The van der Waals surface area contributed by atoms with Crippen molar-refractivity contribution >= 4 is 11.7 Å². The fourth-order valence-corrected chi connectivity index (χ4v) is 1.49. The van der Waals surface area contributed by atoms with Crippen molar-refractivity contribution in [2.75, 3.05) is 13.1 Å². The fraction of sp³-hybridized carbons (Fsp3) is 0.800. The summed E-state index contributed by atoms with van der Waals surface area (Å²) < 4.78 is 0. The Balaban J connectivity index is 2.37. The Morgan fingerprint density at radius 2 is 2.00 bits per heavy atom. The van der Waals surface area contributed by atoms with Crippen LogP contribution in [0, 0.1) is 17.2 Å². The Hall–Kier alpha value is -0.900. The molecule has 4 heteroatoms. The number of piperidine rings is 1. The number of amidine groups is 1. The van der Waals surface area contributed by atoms with Crippen molar-refractivity contribution < 1.29 is 4.79 Å². The van der Waals surface area contributed by atoms with E-state index in [0.717, 1.165) is 25.9 Å². The highest BCUT2D eigenvalue weighted by atomic mass is 16.1. The molecule has 1 aliphatic heterocycles. The summed E-state index contributed by atoms with van der Waals surface area (Å²) in [7, 11) is 0. The average Bonchev–Trinajstić information content (AvgIpc) is 2.19. The summed E-state index contributed by atoms with van der Waals surface area (Å²) >= 11 is 0. The van der Waals surface area contributed by atoms with Gasteiger partial charge in [0.15, 0.2) is 0 Å². The maximum absolute atomic E-state index is 11.3. The summed E-state index contributed by atoms with van der Waals surface area (Å²) in [6.07, 6.45) is 1.91. The van der Waals surface area contributed by atoms with Crippen LogP contribution in [0.5, 0.6) is 0 Å². The third-order valence-electron chi connectivity index (χ3n) is 2.53. The second-order valence-corrected chi connectivity index (χ2v) is 4.08. The van der Waals surface area contributed by atoms with E-state index in [1.807, 2.05) is 13.8 Å². The van der Waals surface area contributed by atoms with E-state index >= 15 is 0 Å². The number of carbonyl (C=O) groups is 1. The molecule has 1 fully saturated rings. The zero-order valence-corrected chi connectivity index (χ0v) is 8.89. The van der Waals surface area contributed by atoms with Crippen LogP contribution >= 0.6 is 0 Å². The highest BCUT2D eigenvalue weighted by Crippen LogP contribution is 2.11. The lowest BCUT2D eigenvalue weighted by molar-refractivity contribution is -0.122. The third kappa shape index (κ3) is 3.10. The van der Waals surface area contributed by atoms with Gasteiger partial charge in [0.25, 0.3) is 0 Å². The lowest BCUT2D eigenvalue weighted by atomic mass is 9.96. The SMILES string of the molecule is CC(C)C(=O)NC(=N)C1CCNCC1. The quantitative estimate of drug-likeness (QED) is 0.451. The zero-order chi connectivity index (χ0) is 10.6. The normalized spacial score (nSPS) is 18.2. The molecule has 3 N–H and O–H groups in total. The van der Waals surface area contributed by atoms with E-state index in [2.05, 4.69) is 10.6 Å². The molecule has 80 valence electrons. The van der Waals surface area contributed by atoms with Crippen LogP contribution < -0.4 is 10.6 Å². The molecule has 1 saturated heterocycles. The van der Waals surface area contributed by atoms with Gasteiger partial charge < -0.3 is 10.6 Å². The van der Waals surface area contributed by atoms with Crippen molar-refractivity contribution in [1.82, 2.24) is 10.6 Å². The van der Waals surface area contributed by atoms with Gasteiger partial charge in [0.05, 0.1) is 0 Å². The predicted octanol–water partition coefficient (Wildman–Crippen LogP) is 0.735. The van der Waals surface area contributed by atoms with E-state index in [1.165, 1.54) is 0 Å². The Morgan fingerprint density at radius 1 is 1.43 bits per heavy atom. The van der Waals surface area contributed by atoms with E-state index in [4.69, 9.17) is 5.41 Å². The number of hydrogen-bond acceptors (Lipinski definition) is 3. The van der Waals surface area contributed by atoms with Crippen LogP contribution in [0.25, 0.3) is 0 Å². The minimum Gasteiger partial charge on any atom is -0.317 e. The monoisotopic (exact) mass is 197 g/mol. The zero-order valence-electron chi connectivity index (χ0n) is 8.89. The molecule has 0 unspecified atom stereocenters. The molecular weight excluding hydrogens is 178 g/mol. The van der Waals surface area contributed by atoms with Gasteiger partial charge in [-0.2, -0.15) is 0 Å². The van der Waals surface area contributed by atoms with Crippen LogP contribution in [0.4, 0.5) is 0 Å². The number of amides is 1. The average molecular weight is 197 g/mol. The number of carbonyl (C=O) groups excluding carboxylic acids is 1. The van der Waals surface area contributed by atoms with Crippen molar-refractivity contribution in [2.45, 2.75) is 26.7 Å². The molecule has 0 spiro atoms. The summed E-state index contributed by atoms with van der Waals surface area (Å²) in [4.78, 5) is 11.3. The van der Waals surface area contributed by atoms with Crippen molar-refractivity contribution in [3.63, 3.8) is 0 Å². The van der Waals surface area contributed by atoms with E-state index in [0.29, 0.717) is 5.84 Å². The molecular formula is C10H19N3O. The maximum Gasteiger partial charge on any atom is 0.227 e. The standard InChI is InChI=1S/C10H19N3O/c1-7(2)10(14)13-9(11)8-3-5-12-6-4-8/h7-8,12H,3-6H2,1-2H3,(H2,11,13,14). The van der Waals surface area contributed by atoms with Gasteiger partial charge in [0.1, 0.15) is 5.84 Å². The second-order valence-electron chi connectivity index (χ2n) is 4.08. The van der Waals surface area contributed by atoms with Gasteiger partial charge in [-0.25, -0.2) is 0 Å². The molecule has 0 radical (unpaired) electrons. The summed E-state index contributed by atoms with van der Waals surface area (Å²) in [5.74, 6) is 0.537. The molecule has 0 aliphatic carbocycles. The van der Waals surface area contributed by atoms with Gasteiger partial charge in [-0.1, -0.05) is 13.8 Å². The largest absolute Gasteiger partial charge is 0.317 e. The first-order chi connectivity index (χ1) is 6.61. The van der Waals surface area contributed by atoms with Gasteiger partial charge in [-0.3, -0.25) is 10.2 Å². The first-order valence-electron chi connectivity index (χ1n) is 5.21. The van der Waals surface area contributed by atoms with Crippen molar-refractivity contribution in [3.05, 3.63) is 0 Å². The Labute approximate surface area is 85.0 Å². The van der Waals surface area contributed by atoms with E-state index in [9.17, 15) is 4.79 Å². The molecule has 14 heavy (non-hydrogen) atoms. The van der Waals surface area contributed by atoms with Crippen LogP contribution in [-0.4, -0.2) is 24.8 Å². The van der Waals surface area contributed by atoms with Crippen molar-refractivity contribution in [1.29, 1.82) is 5.41 Å².